The van der Waals surface area contributed by atoms with Crippen molar-refractivity contribution in [1.29, 1.82) is 0 Å². The van der Waals surface area contributed by atoms with Crippen molar-refractivity contribution < 1.29 is 19.5 Å². The summed E-state index contributed by atoms with van der Waals surface area (Å²) in [5.74, 6) is 0.308. The van der Waals surface area contributed by atoms with Gasteiger partial charge in [0, 0.05) is 42.6 Å². The molecule has 1 aliphatic carbocycles. The molecule has 1 saturated heterocycles. The molecule has 2 N–H and O–H groups in total. The Hall–Kier alpha value is -1.18. The molecule has 47 heavy (non-hydrogen) atoms. The van der Waals surface area contributed by atoms with E-state index in [1.165, 1.54) is 95.0 Å². The summed E-state index contributed by atoms with van der Waals surface area (Å²) in [7, 11) is 0. The number of hydrogen-bond donors (Lipinski definition) is 2. The van der Waals surface area contributed by atoms with Crippen LogP contribution in [0.15, 0.2) is 0 Å². The zero-order valence-corrected chi connectivity index (χ0v) is 31.6. The topological polar surface area (TPSA) is 90.6 Å². The number of unbranched alkanes of at least 4 members (excludes halogenated alkanes) is 17. The minimum Gasteiger partial charge on any atom is -0.378 e. The first kappa shape index (κ1) is 42.0. The second kappa shape index (κ2) is 24.1. The van der Waals surface area contributed by atoms with Crippen molar-refractivity contribution >= 4 is 11.8 Å². The number of hydroxylamine groups is 2. The Kier molecular flexibility index (Phi) is 21.5. The SMILES string of the molecule is CCCCCCCCCCCCCC(=O)N[C@@H]1CCCC[C@H]1NC(=O)CCCCCCCCCCOC1CC(C)(C)N([O])C(C)(C)C1. The Balaban J connectivity index is 1.44. The Morgan fingerprint density at radius 1 is 0.596 bits per heavy atom. The van der Waals surface area contributed by atoms with Crippen LogP contribution in [0.3, 0.4) is 0 Å². The molecule has 1 radical (unpaired) electrons. The van der Waals surface area contributed by atoms with Crippen molar-refractivity contribution in [3.05, 3.63) is 0 Å². The number of rotatable bonds is 26. The molecule has 0 spiro atoms. The van der Waals surface area contributed by atoms with Crippen LogP contribution in [0.25, 0.3) is 0 Å². The molecule has 0 aromatic carbocycles. The van der Waals surface area contributed by atoms with Crippen molar-refractivity contribution in [3.63, 3.8) is 0 Å². The van der Waals surface area contributed by atoms with Crippen LogP contribution in [-0.4, -0.2) is 52.7 Å². The molecule has 0 bridgehead atoms. The van der Waals surface area contributed by atoms with Crippen LogP contribution < -0.4 is 10.6 Å². The molecule has 0 unspecified atom stereocenters. The summed E-state index contributed by atoms with van der Waals surface area (Å²) >= 11 is 0. The van der Waals surface area contributed by atoms with Crippen molar-refractivity contribution in [3.8, 4) is 0 Å². The third kappa shape index (κ3) is 18.4. The van der Waals surface area contributed by atoms with Crippen LogP contribution in [0.1, 0.15) is 208 Å². The maximum Gasteiger partial charge on any atom is 0.220 e. The largest absolute Gasteiger partial charge is 0.378 e. The lowest BCUT2D eigenvalue weighted by molar-refractivity contribution is -0.301. The lowest BCUT2D eigenvalue weighted by Crippen LogP contribution is -2.59. The minimum atomic E-state index is -0.366. The van der Waals surface area contributed by atoms with E-state index in [4.69, 9.17) is 4.74 Å². The predicted octanol–water partition coefficient (Wildman–Crippen LogP) is 10.1. The van der Waals surface area contributed by atoms with Gasteiger partial charge in [0.1, 0.15) is 0 Å². The minimum absolute atomic E-state index is 0.0824. The monoisotopic (exact) mass is 663 g/mol. The molecule has 0 aromatic rings. The quantitative estimate of drug-likeness (QED) is 0.0902. The normalized spacial score (nSPS) is 21.5. The van der Waals surface area contributed by atoms with E-state index in [-0.39, 0.29) is 41.1 Å². The summed E-state index contributed by atoms with van der Waals surface area (Å²) < 4.78 is 6.18. The standard InChI is InChI=1S/C40H76N3O4/c1-6-7-8-9-10-11-12-13-16-19-22-29-37(44)41-35-27-24-25-28-36(35)42-38(45)30-23-20-17-14-15-18-21-26-31-47-34-32-39(2,3)43(46)40(4,5)33-34/h34-36H,6-33H2,1-5H3,(H,41,44)(H,42,45)/t35-,36-/m1/s1. The summed E-state index contributed by atoms with van der Waals surface area (Å²) in [6.45, 7) is 11.2. The van der Waals surface area contributed by atoms with Crippen LogP contribution in [0, 0.1) is 0 Å². The van der Waals surface area contributed by atoms with E-state index in [0.717, 1.165) is 77.2 Å². The molecule has 2 rings (SSSR count). The number of carbonyl (C=O) groups is 2. The summed E-state index contributed by atoms with van der Waals surface area (Å²) in [6, 6.07) is 0.168. The first-order chi connectivity index (χ1) is 22.5. The average Bonchev–Trinajstić information content (AvgIpc) is 3.02. The van der Waals surface area contributed by atoms with E-state index in [0.29, 0.717) is 12.8 Å². The Morgan fingerprint density at radius 2 is 0.957 bits per heavy atom. The number of piperidine rings is 1. The molecular weight excluding hydrogens is 586 g/mol. The number of carbonyl (C=O) groups excluding carboxylic acids is 2. The van der Waals surface area contributed by atoms with Gasteiger partial charge in [-0.15, -0.1) is 10.3 Å². The number of amides is 2. The molecule has 2 fully saturated rings. The van der Waals surface area contributed by atoms with Gasteiger partial charge in [-0.05, 0) is 72.6 Å². The predicted molar refractivity (Wildman–Crippen MR) is 195 cm³/mol. The van der Waals surface area contributed by atoms with Crippen LogP contribution in [0.2, 0.25) is 0 Å². The van der Waals surface area contributed by atoms with Gasteiger partial charge in [-0.25, -0.2) is 0 Å². The van der Waals surface area contributed by atoms with Crippen LogP contribution in [0.5, 0.6) is 0 Å². The van der Waals surface area contributed by atoms with Gasteiger partial charge in [0.05, 0.1) is 6.10 Å². The van der Waals surface area contributed by atoms with Crippen molar-refractivity contribution in [2.45, 2.75) is 237 Å². The maximum absolute atomic E-state index is 12.7. The van der Waals surface area contributed by atoms with Gasteiger partial charge in [0.15, 0.2) is 0 Å². The highest BCUT2D eigenvalue weighted by Gasteiger charge is 2.46. The van der Waals surface area contributed by atoms with E-state index in [2.05, 4.69) is 17.6 Å². The number of ether oxygens (including phenoxy) is 1. The van der Waals surface area contributed by atoms with Gasteiger partial charge in [-0.3, -0.25) is 9.59 Å². The highest BCUT2D eigenvalue weighted by Crippen LogP contribution is 2.38. The second-order valence-corrected chi connectivity index (χ2v) is 16.3. The lowest BCUT2D eigenvalue weighted by atomic mass is 9.80. The van der Waals surface area contributed by atoms with Crippen LogP contribution >= 0.6 is 0 Å². The third-order valence-corrected chi connectivity index (χ3v) is 10.7. The summed E-state index contributed by atoms with van der Waals surface area (Å²) in [5, 5.41) is 20.3. The Labute approximate surface area is 290 Å². The fourth-order valence-corrected chi connectivity index (χ4v) is 7.97. The first-order valence-corrected chi connectivity index (χ1v) is 20.2. The molecule has 1 heterocycles. The fourth-order valence-electron chi connectivity index (χ4n) is 7.97. The van der Waals surface area contributed by atoms with Gasteiger partial charge in [-0.2, -0.15) is 0 Å². The number of nitrogens with one attached hydrogen (secondary N) is 2. The Morgan fingerprint density at radius 3 is 1.36 bits per heavy atom. The molecule has 2 atom stereocenters. The molecule has 7 nitrogen and oxygen atoms in total. The zero-order chi connectivity index (χ0) is 34.4. The van der Waals surface area contributed by atoms with Gasteiger partial charge < -0.3 is 15.4 Å². The highest BCUT2D eigenvalue weighted by molar-refractivity contribution is 5.77. The molecule has 7 heteroatoms. The second-order valence-electron chi connectivity index (χ2n) is 16.3. The smallest absolute Gasteiger partial charge is 0.220 e. The molecule has 1 saturated carbocycles. The van der Waals surface area contributed by atoms with E-state index in [1.54, 1.807) is 0 Å². The van der Waals surface area contributed by atoms with Crippen molar-refractivity contribution in [2.24, 2.45) is 0 Å². The van der Waals surface area contributed by atoms with E-state index in [9.17, 15) is 14.8 Å². The van der Waals surface area contributed by atoms with Crippen molar-refractivity contribution in [2.75, 3.05) is 6.61 Å². The third-order valence-electron chi connectivity index (χ3n) is 10.7. The zero-order valence-electron chi connectivity index (χ0n) is 31.6. The number of hydrogen-bond acceptors (Lipinski definition) is 4. The molecule has 275 valence electrons. The summed E-state index contributed by atoms with van der Waals surface area (Å²) in [5.41, 5.74) is -0.733. The lowest BCUT2D eigenvalue weighted by Gasteiger charge is -2.49. The maximum atomic E-state index is 12.7. The van der Waals surface area contributed by atoms with Crippen LogP contribution in [-0.2, 0) is 19.5 Å². The average molecular weight is 663 g/mol. The van der Waals surface area contributed by atoms with E-state index in [1.807, 2.05) is 27.7 Å². The van der Waals surface area contributed by atoms with Gasteiger partial charge in [-0.1, -0.05) is 122 Å². The fraction of sp³-hybridized carbons (Fsp3) is 0.950. The van der Waals surface area contributed by atoms with Gasteiger partial charge in [0.2, 0.25) is 11.8 Å². The van der Waals surface area contributed by atoms with Crippen molar-refractivity contribution in [1.82, 2.24) is 15.7 Å². The van der Waals surface area contributed by atoms with E-state index >= 15 is 0 Å². The molecule has 1 aliphatic heterocycles. The molecular formula is C40H76N3O4. The number of nitrogens with zero attached hydrogens (tertiary/aromatic N) is 1. The van der Waals surface area contributed by atoms with Gasteiger partial charge in [0.25, 0.3) is 0 Å². The molecule has 2 aliphatic rings. The summed E-state index contributed by atoms with van der Waals surface area (Å²) in [6.07, 6.45) is 30.6. The first-order valence-electron chi connectivity index (χ1n) is 20.2. The molecule has 2 amide bonds. The van der Waals surface area contributed by atoms with Gasteiger partial charge >= 0.3 is 0 Å². The molecule has 0 aromatic heterocycles. The summed E-state index contributed by atoms with van der Waals surface area (Å²) in [4.78, 5) is 25.4. The van der Waals surface area contributed by atoms with E-state index < -0.39 is 0 Å². The van der Waals surface area contributed by atoms with Crippen LogP contribution in [0.4, 0.5) is 0 Å². The highest BCUT2D eigenvalue weighted by atomic mass is 16.5. The Bertz CT molecular complexity index is 814.